The zero-order chi connectivity index (χ0) is 16.4. The van der Waals surface area contributed by atoms with Crippen molar-refractivity contribution in [2.45, 2.75) is 38.3 Å². The summed E-state index contributed by atoms with van der Waals surface area (Å²) >= 11 is 0. The zero-order valence-corrected chi connectivity index (χ0v) is 13.0. The van der Waals surface area contributed by atoms with Crippen molar-refractivity contribution in [3.63, 3.8) is 0 Å². The van der Waals surface area contributed by atoms with Crippen molar-refractivity contribution in [1.82, 2.24) is 10.2 Å². The van der Waals surface area contributed by atoms with Gasteiger partial charge in [0.15, 0.2) is 0 Å². The van der Waals surface area contributed by atoms with Crippen LogP contribution in [-0.4, -0.2) is 35.2 Å². The van der Waals surface area contributed by atoms with Crippen molar-refractivity contribution in [1.29, 1.82) is 0 Å². The maximum atomic E-state index is 12.1. The maximum Gasteiger partial charge on any atom is 0.251 e. The Kier molecular flexibility index (Phi) is 4.43. The molecule has 3 rings (SSSR count). The molecule has 0 radical (unpaired) electrons. The number of hydrogen-bond acceptors (Lipinski definition) is 4. The number of nitrogens with two attached hydrogens (primary N) is 1. The largest absolute Gasteiger partial charge is 0.350 e. The van der Waals surface area contributed by atoms with Crippen molar-refractivity contribution >= 4 is 17.7 Å². The molecule has 1 unspecified atom stereocenters. The van der Waals surface area contributed by atoms with Crippen LogP contribution in [0.25, 0.3) is 0 Å². The molecular weight excluding hydrogens is 294 g/mol. The van der Waals surface area contributed by atoms with E-state index in [1.807, 2.05) is 0 Å². The Morgan fingerprint density at radius 2 is 1.78 bits per heavy atom. The van der Waals surface area contributed by atoms with Crippen LogP contribution < -0.4 is 11.1 Å². The van der Waals surface area contributed by atoms with Gasteiger partial charge in [-0.3, -0.25) is 19.3 Å². The smallest absolute Gasteiger partial charge is 0.251 e. The molecule has 6 heteroatoms. The Morgan fingerprint density at radius 3 is 2.35 bits per heavy atom. The van der Waals surface area contributed by atoms with Crippen LogP contribution in [0.1, 0.15) is 41.6 Å². The number of carbonyl (C=O) groups excluding carboxylic acids is 3. The predicted octanol–water partition coefficient (Wildman–Crippen LogP) is 0.803. The summed E-state index contributed by atoms with van der Waals surface area (Å²) in [7, 11) is 0. The van der Waals surface area contributed by atoms with Crippen molar-refractivity contribution in [2.75, 3.05) is 6.54 Å². The van der Waals surface area contributed by atoms with Crippen molar-refractivity contribution in [3.8, 4) is 0 Å². The highest BCUT2D eigenvalue weighted by molar-refractivity contribution is 6.01. The number of likely N-dealkylation sites (tertiary alicyclic amines) is 1. The van der Waals surface area contributed by atoms with E-state index in [2.05, 4.69) is 5.32 Å². The molecule has 0 aromatic heterocycles. The Morgan fingerprint density at radius 1 is 1.17 bits per heavy atom. The topological polar surface area (TPSA) is 92.5 Å². The standard InChI is InChI=1S/C17H21N3O3/c18-14(12-5-6-12)9-19-17(23)13-3-1-11(2-4-13)10-20-15(21)7-8-16(20)22/h1-4,12,14H,5-10,18H2,(H,19,23). The predicted molar refractivity (Wildman–Crippen MR) is 84.3 cm³/mol. The number of amides is 3. The number of benzene rings is 1. The van der Waals surface area contributed by atoms with Crippen molar-refractivity contribution in [2.24, 2.45) is 11.7 Å². The van der Waals surface area contributed by atoms with Gasteiger partial charge in [-0.2, -0.15) is 0 Å². The second kappa shape index (κ2) is 6.50. The minimum Gasteiger partial charge on any atom is -0.350 e. The summed E-state index contributed by atoms with van der Waals surface area (Å²) in [6, 6.07) is 6.99. The van der Waals surface area contributed by atoms with Crippen molar-refractivity contribution in [3.05, 3.63) is 35.4 Å². The minimum atomic E-state index is -0.152. The van der Waals surface area contributed by atoms with E-state index in [9.17, 15) is 14.4 Å². The van der Waals surface area contributed by atoms with Crippen LogP contribution in [0.15, 0.2) is 24.3 Å². The molecule has 122 valence electrons. The van der Waals surface area contributed by atoms with E-state index < -0.39 is 0 Å². The lowest BCUT2D eigenvalue weighted by Crippen LogP contribution is -2.38. The molecule has 23 heavy (non-hydrogen) atoms. The molecule has 1 heterocycles. The van der Waals surface area contributed by atoms with Gasteiger partial charge in [-0.25, -0.2) is 0 Å². The third-order valence-electron chi connectivity index (χ3n) is 4.44. The van der Waals surface area contributed by atoms with Gasteiger partial charge in [0, 0.05) is 31.0 Å². The molecule has 1 aromatic rings. The Hall–Kier alpha value is -2.21. The van der Waals surface area contributed by atoms with Crippen LogP contribution in [0.3, 0.4) is 0 Å². The number of carbonyl (C=O) groups is 3. The summed E-state index contributed by atoms with van der Waals surface area (Å²) in [6.45, 7) is 0.758. The summed E-state index contributed by atoms with van der Waals surface area (Å²) in [5.41, 5.74) is 7.35. The first kappa shape index (κ1) is 15.7. The van der Waals surface area contributed by atoms with Crippen LogP contribution in [0, 0.1) is 5.92 Å². The third-order valence-corrected chi connectivity index (χ3v) is 4.44. The Balaban J connectivity index is 1.54. The van der Waals surface area contributed by atoms with Gasteiger partial charge < -0.3 is 11.1 Å². The fourth-order valence-corrected chi connectivity index (χ4v) is 2.75. The average molecular weight is 315 g/mol. The molecule has 1 saturated heterocycles. The monoisotopic (exact) mass is 315 g/mol. The molecule has 1 aromatic carbocycles. The van der Waals surface area contributed by atoms with E-state index in [0.29, 0.717) is 30.9 Å². The van der Waals surface area contributed by atoms with Gasteiger partial charge in [-0.1, -0.05) is 12.1 Å². The van der Waals surface area contributed by atoms with Crippen LogP contribution >= 0.6 is 0 Å². The SMILES string of the molecule is NC(CNC(=O)c1ccc(CN2C(=O)CCC2=O)cc1)C1CC1. The quantitative estimate of drug-likeness (QED) is 0.760. The lowest BCUT2D eigenvalue weighted by atomic mass is 10.1. The van der Waals surface area contributed by atoms with Gasteiger partial charge >= 0.3 is 0 Å². The lowest BCUT2D eigenvalue weighted by molar-refractivity contribution is -0.139. The molecule has 0 bridgehead atoms. The van der Waals surface area contributed by atoms with Crippen LogP contribution in [0.2, 0.25) is 0 Å². The number of rotatable bonds is 6. The number of hydrogen-bond donors (Lipinski definition) is 2. The van der Waals surface area contributed by atoms with Gasteiger partial charge in [0.05, 0.1) is 6.54 Å². The van der Waals surface area contributed by atoms with Gasteiger partial charge in [-0.05, 0) is 36.5 Å². The highest BCUT2D eigenvalue weighted by Crippen LogP contribution is 2.31. The molecule has 1 saturated carbocycles. The first-order valence-corrected chi connectivity index (χ1v) is 8.00. The van der Waals surface area contributed by atoms with Gasteiger partial charge in [0.25, 0.3) is 5.91 Å². The van der Waals surface area contributed by atoms with E-state index in [4.69, 9.17) is 5.73 Å². The third kappa shape index (κ3) is 3.76. The molecule has 1 aliphatic heterocycles. The van der Waals surface area contributed by atoms with Crippen LogP contribution in [0.4, 0.5) is 0 Å². The Bertz CT molecular complexity index is 606. The molecular formula is C17H21N3O3. The summed E-state index contributed by atoms with van der Waals surface area (Å²) < 4.78 is 0. The lowest BCUT2D eigenvalue weighted by Gasteiger charge is -2.14. The highest BCUT2D eigenvalue weighted by atomic mass is 16.2. The van der Waals surface area contributed by atoms with Gasteiger partial charge in [-0.15, -0.1) is 0 Å². The Labute approximate surface area is 135 Å². The zero-order valence-electron chi connectivity index (χ0n) is 13.0. The second-order valence-corrected chi connectivity index (χ2v) is 6.28. The summed E-state index contributed by atoms with van der Waals surface area (Å²) in [5.74, 6) is 0.131. The normalized spacial score (nSPS) is 19.1. The number of nitrogens with one attached hydrogen (secondary N) is 1. The van der Waals surface area contributed by atoms with E-state index in [1.165, 1.54) is 4.90 Å². The van der Waals surface area contributed by atoms with E-state index in [1.54, 1.807) is 24.3 Å². The average Bonchev–Trinajstić information content (AvgIpc) is 3.36. The first-order valence-electron chi connectivity index (χ1n) is 8.00. The molecule has 2 aliphatic rings. The van der Waals surface area contributed by atoms with E-state index in [-0.39, 0.29) is 30.3 Å². The molecule has 1 aliphatic carbocycles. The number of imide groups is 1. The van der Waals surface area contributed by atoms with Crippen LogP contribution in [0.5, 0.6) is 0 Å². The molecule has 6 nitrogen and oxygen atoms in total. The second-order valence-electron chi connectivity index (χ2n) is 6.28. The summed E-state index contributed by atoms with van der Waals surface area (Å²) in [5, 5.41) is 2.84. The highest BCUT2D eigenvalue weighted by Gasteiger charge is 2.29. The summed E-state index contributed by atoms with van der Waals surface area (Å²) in [6.07, 6.45) is 2.89. The molecule has 1 atom stereocenters. The minimum absolute atomic E-state index is 0.0328. The summed E-state index contributed by atoms with van der Waals surface area (Å²) in [4.78, 5) is 36.5. The first-order chi connectivity index (χ1) is 11.0. The van der Waals surface area contributed by atoms with Gasteiger partial charge in [0.1, 0.15) is 0 Å². The number of nitrogens with zero attached hydrogens (tertiary/aromatic N) is 1. The molecule has 0 spiro atoms. The van der Waals surface area contributed by atoms with Crippen LogP contribution in [-0.2, 0) is 16.1 Å². The van der Waals surface area contributed by atoms with Crippen molar-refractivity contribution < 1.29 is 14.4 Å². The van der Waals surface area contributed by atoms with E-state index >= 15 is 0 Å². The molecule has 3 N–H and O–H groups in total. The van der Waals surface area contributed by atoms with Gasteiger partial charge in [0.2, 0.25) is 11.8 Å². The fourth-order valence-electron chi connectivity index (χ4n) is 2.75. The van der Waals surface area contributed by atoms with E-state index in [0.717, 1.165) is 18.4 Å². The fraction of sp³-hybridized carbons (Fsp3) is 0.471. The molecule has 2 fully saturated rings. The maximum absolute atomic E-state index is 12.1. The molecule has 3 amide bonds.